The third-order valence-electron chi connectivity index (χ3n) is 3.55. The Bertz CT molecular complexity index is 405. The minimum atomic E-state index is 0.613. The number of hydrogen-bond acceptors (Lipinski definition) is 5. The van der Waals surface area contributed by atoms with E-state index in [1.165, 1.54) is 18.5 Å². The maximum Gasteiger partial charge on any atom is 0.105 e. The van der Waals surface area contributed by atoms with Crippen molar-refractivity contribution in [3.63, 3.8) is 0 Å². The van der Waals surface area contributed by atoms with Crippen LogP contribution in [-0.2, 0) is 27.3 Å². The molecule has 1 aromatic rings. The van der Waals surface area contributed by atoms with Gasteiger partial charge in [-0.05, 0) is 19.8 Å². The molecule has 1 aliphatic carbocycles. The Balaban J connectivity index is 1.59. The van der Waals surface area contributed by atoms with Crippen molar-refractivity contribution in [2.45, 2.75) is 38.9 Å². The summed E-state index contributed by atoms with van der Waals surface area (Å²) >= 11 is 0. The van der Waals surface area contributed by atoms with E-state index in [1.807, 2.05) is 13.1 Å². The first-order valence-corrected chi connectivity index (χ1v) is 7.70. The first-order valence-electron chi connectivity index (χ1n) is 7.70. The topological polar surface area (TPSA) is 57.5 Å². The van der Waals surface area contributed by atoms with Crippen LogP contribution in [0, 0.1) is 6.92 Å². The standard InChI is InChI=1S/C15H27N3O3/c1-13-16-11-15(12-17-14-3-4-14)18(13)5-6-20-9-10-21-8-7-19-2/h11,14,17H,3-10,12H2,1-2H3. The quantitative estimate of drug-likeness (QED) is 0.586. The Labute approximate surface area is 126 Å². The summed E-state index contributed by atoms with van der Waals surface area (Å²) in [6, 6.07) is 0.717. The van der Waals surface area contributed by atoms with E-state index >= 15 is 0 Å². The second kappa shape index (κ2) is 9.15. The minimum absolute atomic E-state index is 0.613. The van der Waals surface area contributed by atoms with Crippen molar-refractivity contribution in [1.29, 1.82) is 0 Å². The highest BCUT2D eigenvalue weighted by molar-refractivity contribution is 5.05. The van der Waals surface area contributed by atoms with Gasteiger partial charge in [0, 0.05) is 32.4 Å². The van der Waals surface area contributed by atoms with Crippen molar-refractivity contribution in [3.05, 3.63) is 17.7 Å². The molecule has 0 aliphatic heterocycles. The summed E-state index contributed by atoms with van der Waals surface area (Å²) in [6.07, 6.45) is 4.57. The van der Waals surface area contributed by atoms with E-state index in [0.717, 1.165) is 18.9 Å². The lowest BCUT2D eigenvalue weighted by Crippen LogP contribution is -2.20. The number of methoxy groups -OCH3 is 1. The number of ether oxygens (including phenoxy) is 3. The lowest BCUT2D eigenvalue weighted by Gasteiger charge is -2.11. The van der Waals surface area contributed by atoms with Crippen LogP contribution in [0.3, 0.4) is 0 Å². The molecular formula is C15H27N3O3. The molecule has 0 aromatic carbocycles. The van der Waals surface area contributed by atoms with E-state index in [2.05, 4.69) is 14.9 Å². The predicted octanol–water partition coefficient (Wildman–Crippen LogP) is 1.12. The SMILES string of the molecule is COCCOCCOCCn1c(CNC2CC2)cnc1C. The summed E-state index contributed by atoms with van der Waals surface area (Å²) in [7, 11) is 1.67. The fraction of sp³-hybridized carbons (Fsp3) is 0.800. The summed E-state index contributed by atoms with van der Waals surface area (Å²) in [4.78, 5) is 4.39. The Morgan fingerprint density at radius 2 is 1.90 bits per heavy atom. The van der Waals surface area contributed by atoms with Gasteiger partial charge in [0.2, 0.25) is 0 Å². The second-order valence-electron chi connectivity index (χ2n) is 5.32. The molecule has 120 valence electrons. The minimum Gasteiger partial charge on any atom is -0.382 e. The number of rotatable bonds is 12. The van der Waals surface area contributed by atoms with Crippen LogP contribution < -0.4 is 5.32 Å². The van der Waals surface area contributed by atoms with Gasteiger partial charge in [-0.1, -0.05) is 0 Å². The van der Waals surface area contributed by atoms with Crippen LogP contribution in [0.25, 0.3) is 0 Å². The van der Waals surface area contributed by atoms with Crippen molar-refractivity contribution in [3.8, 4) is 0 Å². The highest BCUT2D eigenvalue weighted by Gasteiger charge is 2.20. The first kappa shape index (κ1) is 16.4. The molecular weight excluding hydrogens is 270 g/mol. The average molecular weight is 297 g/mol. The van der Waals surface area contributed by atoms with Crippen LogP contribution in [-0.4, -0.2) is 55.7 Å². The van der Waals surface area contributed by atoms with Crippen molar-refractivity contribution in [2.24, 2.45) is 0 Å². The van der Waals surface area contributed by atoms with Crippen LogP contribution in [0.1, 0.15) is 24.4 Å². The van der Waals surface area contributed by atoms with Gasteiger partial charge in [-0.25, -0.2) is 4.98 Å². The molecule has 6 nitrogen and oxygen atoms in total. The molecule has 0 spiro atoms. The van der Waals surface area contributed by atoms with Gasteiger partial charge in [0.05, 0.1) is 38.7 Å². The number of hydrogen-bond donors (Lipinski definition) is 1. The second-order valence-corrected chi connectivity index (χ2v) is 5.32. The monoisotopic (exact) mass is 297 g/mol. The molecule has 1 saturated carbocycles. The molecule has 0 amide bonds. The van der Waals surface area contributed by atoms with Gasteiger partial charge >= 0.3 is 0 Å². The molecule has 0 atom stereocenters. The van der Waals surface area contributed by atoms with Gasteiger partial charge in [0.1, 0.15) is 5.82 Å². The fourth-order valence-electron chi connectivity index (χ4n) is 2.12. The smallest absolute Gasteiger partial charge is 0.105 e. The van der Waals surface area contributed by atoms with Gasteiger partial charge in [-0.15, -0.1) is 0 Å². The van der Waals surface area contributed by atoms with Crippen LogP contribution in [0.4, 0.5) is 0 Å². The number of aryl methyl sites for hydroxylation is 1. The molecule has 2 rings (SSSR count). The zero-order chi connectivity index (χ0) is 14.9. The Morgan fingerprint density at radius 1 is 1.19 bits per heavy atom. The van der Waals surface area contributed by atoms with Crippen LogP contribution in [0.5, 0.6) is 0 Å². The maximum absolute atomic E-state index is 5.60. The van der Waals surface area contributed by atoms with Gasteiger partial charge in [-0.2, -0.15) is 0 Å². The van der Waals surface area contributed by atoms with Gasteiger partial charge in [-0.3, -0.25) is 0 Å². The maximum atomic E-state index is 5.60. The molecule has 21 heavy (non-hydrogen) atoms. The predicted molar refractivity (Wildman–Crippen MR) is 80.3 cm³/mol. The van der Waals surface area contributed by atoms with Crippen molar-refractivity contribution < 1.29 is 14.2 Å². The number of aromatic nitrogens is 2. The van der Waals surface area contributed by atoms with E-state index in [9.17, 15) is 0 Å². The van der Waals surface area contributed by atoms with Gasteiger partial charge < -0.3 is 24.1 Å². The highest BCUT2D eigenvalue weighted by atomic mass is 16.5. The third kappa shape index (κ3) is 6.13. The van der Waals surface area contributed by atoms with E-state index < -0.39 is 0 Å². The highest BCUT2D eigenvalue weighted by Crippen LogP contribution is 2.19. The van der Waals surface area contributed by atoms with E-state index in [-0.39, 0.29) is 0 Å². The van der Waals surface area contributed by atoms with E-state index in [1.54, 1.807) is 7.11 Å². The van der Waals surface area contributed by atoms with Crippen LogP contribution in [0.2, 0.25) is 0 Å². The summed E-state index contributed by atoms with van der Waals surface area (Å²) in [5.41, 5.74) is 1.24. The van der Waals surface area contributed by atoms with Crippen LogP contribution >= 0.6 is 0 Å². The Kier molecular flexibility index (Phi) is 7.15. The molecule has 1 fully saturated rings. The molecule has 0 radical (unpaired) electrons. The first-order chi connectivity index (χ1) is 10.3. The van der Waals surface area contributed by atoms with Crippen molar-refractivity contribution in [2.75, 3.05) is 40.1 Å². The fourth-order valence-corrected chi connectivity index (χ4v) is 2.12. The van der Waals surface area contributed by atoms with Crippen molar-refractivity contribution in [1.82, 2.24) is 14.9 Å². The summed E-state index contributed by atoms with van der Waals surface area (Å²) in [6.45, 7) is 6.94. The summed E-state index contributed by atoms with van der Waals surface area (Å²) in [5.74, 6) is 1.04. The van der Waals surface area contributed by atoms with Gasteiger partial charge in [0.25, 0.3) is 0 Å². The summed E-state index contributed by atoms with van der Waals surface area (Å²) < 4.78 is 18.1. The molecule has 1 aromatic heterocycles. The Hall–Kier alpha value is -0.950. The zero-order valence-corrected chi connectivity index (χ0v) is 13.1. The molecule has 1 aliphatic rings. The van der Waals surface area contributed by atoms with E-state index in [4.69, 9.17) is 14.2 Å². The molecule has 0 unspecified atom stereocenters. The normalized spacial score (nSPS) is 14.8. The van der Waals surface area contributed by atoms with Crippen LogP contribution in [0.15, 0.2) is 6.20 Å². The number of imidazole rings is 1. The molecule has 1 heterocycles. The third-order valence-corrected chi connectivity index (χ3v) is 3.55. The lowest BCUT2D eigenvalue weighted by atomic mass is 10.4. The van der Waals surface area contributed by atoms with Crippen molar-refractivity contribution >= 4 is 0 Å². The average Bonchev–Trinajstić information content (AvgIpc) is 3.25. The van der Waals surface area contributed by atoms with Gasteiger partial charge in [0.15, 0.2) is 0 Å². The molecule has 6 heteroatoms. The number of nitrogens with zero attached hydrogens (tertiary/aromatic N) is 2. The summed E-state index contributed by atoms with van der Waals surface area (Å²) in [5, 5.41) is 3.52. The lowest BCUT2D eigenvalue weighted by molar-refractivity contribution is 0.0228. The molecule has 1 N–H and O–H groups in total. The Morgan fingerprint density at radius 3 is 2.62 bits per heavy atom. The van der Waals surface area contributed by atoms with E-state index in [0.29, 0.717) is 39.1 Å². The largest absolute Gasteiger partial charge is 0.382 e. The zero-order valence-electron chi connectivity index (χ0n) is 13.1. The number of nitrogens with one attached hydrogen (secondary N) is 1. The molecule has 0 bridgehead atoms. The molecule has 0 saturated heterocycles.